The van der Waals surface area contributed by atoms with Crippen LogP contribution in [0.25, 0.3) is 0 Å². The number of aliphatic hydroxyl groups is 1. The van der Waals surface area contributed by atoms with Crippen LogP contribution in [0.2, 0.25) is 10.0 Å². The van der Waals surface area contributed by atoms with Gasteiger partial charge in [-0.15, -0.1) is 0 Å². The molecule has 0 saturated carbocycles. The standard InChI is InChI=1S/C13H14Cl2O2.CH4O/c1-2-7-3-9-10(4-7)13(15)8(5-11(9)14)6-12(16)17;1-2/h5,7H,2-4,6H2,1H3,(H,16,17);2H,1H3. The van der Waals surface area contributed by atoms with Crippen molar-refractivity contribution in [2.45, 2.75) is 32.6 Å². The molecule has 0 fully saturated rings. The van der Waals surface area contributed by atoms with Gasteiger partial charge >= 0.3 is 5.97 Å². The predicted octanol–water partition coefficient (Wildman–Crippen LogP) is 3.35. The summed E-state index contributed by atoms with van der Waals surface area (Å²) in [6.07, 6.45) is 2.90. The van der Waals surface area contributed by atoms with E-state index >= 15 is 0 Å². The van der Waals surface area contributed by atoms with Crippen LogP contribution in [-0.2, 0) is 24.1 Å². The lowest BCUT2D eigenvalue weighted by molar-refractivity contribution is -0.136. The number of hydrogen-bond donors (Lipinski definition) is 2. The van der Waals surface area contributed by atoms with Gasteiger partial charge in [0.2, 0.25) is 0 Å². The van der Waals surface area contributed by atoms with E-state index in [-0.39, 0.29) is 6.42 Å². The van der Waals surface area contributed by atoms with E-state index in [9.17, 15) is 4.79 Å². The van der Waals surface area contributed by atoms with Crippen LogP contribution in [0.1, 0.15) is 30.0 Å². The highest BCUT2D eigenvalue weighted by atomic mass is 35.5. The van der Waals surface area contributed by atoms with Gasteiger partial charge in [-0.3, -0.25) is 4.79 Å². The number of benzene rings is 1. The van der Waals surface area contributed by atoms with Gasteiger partial charge in [0, 0.05) is 17.2 Å². The van der Waals surface area contributed by atoms with Crippen molar-refractivity contribution in [3.05, 3.63) is 32.8 Å². The smallest absolute Gasteiger partial charge is 0.307 e. The minimum absolute atomic E-state index is 0.0668. The van der Waals surface area contributed by atoms with Gasteiger partial charge in [0.25, 0.3) is 0 Å². The molecule has 1 aliphatic carbocycles. The fourth-order valence-electron chi connectivity index (χ4n) is 2.44. The van der Waals surface area contributed by atoms with Gasteiger partial charge in [-0.2, -0.15) is 0 Å². The van der Waals surface area contributed by atoms with Gasteiger partial charge in [0.1, 0.15) is 0 Å². The Labute approximate surface area is 123 Å². The molecule has 5 heteroatoms. The molecule has 1 aromatic carbocycles. The van der Waals surface area contributed by atoms with Crippen molar-refractivity contribution in [2.75, 3.05) is 7.11 Å². The Morgan fingerprint density at radius 3 is 2.42 bits per heavy atom. The van der Waals surface area contributed by atoms with Gasteiger partial charge < -0.3 is 10.2 Å². The summed E-state index contributed by atoms with van der Waals surface area (Å²) in [6, 6.07) is 1.70. The molecule has 1 unspecified atom stereocenters. The molecule has 106 valence electrons. The maximum Gasteiger partial charge on any atom is 0.307 e. The highest BCUT2D eigenvalue weighted by Crippen LogP contribution is 2.40. The lowest BCUT2D eigenvalue weighted by atomic mass is 10.0. The first-order valence-electron chi connectivity index (χ1n) is 6.18. The Hall–Kier alpha value is -0.770. The van der Waals surface area contributed by atoms with Crippen molar-refractivity contribution >= 4 is 29.2 Å². The van der Waals surface area contributed by atoms with E-state index in [4.69, 9.17) is 33.4 Å². The molecule has 2 N–H and O–H groups in total. The Morgan fingerprint density at radius 1 is 1.32 bits per heavy atom. The molecular weight excluding hydrogens is 287 g/mol. The topological polar surface area (TPSA) is 57.5 Å². The first-order chi connectivity index (χ1) is 9.02. The number of aliphatic hydroxyl groups excluding tert-OH is 1. The molecule has 1 atom stereocenters. The number of halogens is 2. The minimum atomic E-state index is -0.882. The third-order valence-electron chi connectivity index (χ3n) is 3.41. The van der Waals surface area contributed by atoms with E-state index in [2.05, 4.69) is 6.92 Å². The quantitative estimate of drug-likeness (QED) is 0.900. The number of carboxylic acids is 1. The Bertz CT molecular complexity index is 472. The third kappa shape index (κ3) is 3.62. The second-order valence-corrected chi connectivity index (χ2v) is 5.33. The average molecular weight is 305 g/mol. The maximum absolute atomic E-state index is 10.8. The maximum atomic E-state index is 10.8. The number of hydrogen-bond acceptors (Lipinski definition) is 2. The summed E-state index contributed by atoms with van der Waals surface area (Å²) in [6.45, 7) is 2.15. The fraction of sp³-hybridized carbons (Fsp3) is 0.500. The molecule has 0 heterocycles. The lowest BCUT2D eigenvalue weighted by Gasteiger charge is -2.09. The Kier molecular flexibility index (Phi) is 6.11. The van der Waals surface area contributed by atoms with Crippen LogP contribution >= 0.6 is 23.2 Å². The molecule has 0 aromatic heterocycles. The summed E-state index contributed by atoms with van der Waals surface area (Å²) < 4.78 is 0. The van der Waals surface area contributed by atoms with E-state index in [0.29, 0.717) is 21.5 Å². The number of fused-ring (bicyclic) bond motifs is 1. The second kappa shape index (κ2) is 7.13. The van der Waals surface area contributed by atoms with E-state index in [1.807, 2.05) is 0 Å². The summed E-state index contributed by atoms with van der Waals surface area (Å²) in [5, 5.41) is 17.1. The molecule has 0 saturated heterocycles. The van der Waals surface area contributed by atoms with Crippen LogP contribution in [0.4, 0.5) is 0 Å². The van der Waals surface area contributed by atoms with Crippen LogP contribution in [0.5, 0.6) is 0 Å². The summed E-state index contributed by atoms with van der Waals surface area (Å²) in [4.78, 5) is 10.8. The lowest BCUT2D eigenvalue weighted by Crippen LogP contribution is -2.02. The van der Waals surface area contributed by atoms with E-state index in [1.165, 1.54) is 0 Å². The van der Waals surface area contributed by atoms with Crippen molar-refractivity contribution in [1.82, 2.24) is 0 Å². The first kappa shape index (κ1) is 16.3. The van der Waals surface area contributed by atoms with Crippen LogP contribution in [0, 0.1) is 5.92 Å². The third-order valence-corrected chi connectivity index (χ3v) is 4.21. The minimum Gasteiger partial charge on any atom is -0.481 e. The molecule has 0 radical (unpaired) electrons. The van der Waals surface area contributed by atoms with Crippen LogP contribution in [0.15, 0.2) is 6.07 Å². The fourth-order valence-corrected chi connectivity index (χ4v) is 3.07. The van der Waals surface area contributed by atoms with Gasteiger partial charge in [-0.05, 0) is 41.5 Å². The highest BCUT2D eigenvalue weighted by molar-refractivity contribution is 6.35. The van der Waals surface area contributed by atoms with Crippen molar-refractivity contribution in [3.8, 4) is 0 Å². The number of aliphatic carboxylic acids is 1. The van der Waals surface area contributed by atoms with Crippen molar-refractivity contribution in [2.24, 2.45) is 5.92 Å². The summed E-state index contributed by atoms with van der Waals surface area (Å²) >= 11 is 12.5. The van der Waals surface area contributed by atoms with Gasteiger partial charge in [-0.25, -0.2) is 0 Å². The van der Waals surface area contributed by atoms with Gasteiger partial charge in [0.15, 0.2) is 0 Å². The first-order valence-corrected chi connectivity index (χ1v) is 6.93. The van der Waals surface area contributed by atoms with Crippen LogP contribution in [-0.4, -0.2) is 23.3 Å². The molecule has 0 aliphatic heterocycles. The zero-order valence-electron chi connectivity index (χ0n) is 11.0. The van der Waals surface area contributed by atoms with Crippen molar-refractivity contribution in [1.29, 1.82) is 0 Å². The molecule has 0 bridgehead atoms. The number of rotatable bonds is 3. The van der Waals surface area contributed by atoms with Crippen molar-refractivity contribution in [3.63, 3.8) is 0 Å². The monoisotopic (exact) mass is 304 g/mol. The summed E-state index contributed by atoms with van der Waals surface area (Å²) in [5.41, 5.74) is 2.79. The largest absolute Gasteiger partial charge is 0.481 e. The molecule has 2 rings (SSSR count). The van der Waals surface area contributed by atoms with Crippen molar-refractivity contribution < 1.29 is 15.0 Å². The normalized spacial score (nSPS) is 16.6. The molecule has 0 spiro atoms. The Balaban J connectivity index is 0.000000861. The molecular formula is C14H18Cl2O3. The van der Waals surface area contributed by atoms with Gasteiger partial charge in [0.05, 0.1) is 6.42 Å². The van der Waals surface area contributed by atoms with Crippen LogP contribution in [0.3, 0.4) is 0 Å². The summed E-state index contributed by atoms with van der Waals surface area (Å²) in [5.74, 6) is -0.298. The zero-order chi connectivity index (χ0) is 14.6. The SMILES string of the molecule is CCC1Cc2c(Cl)cc(CC(=O)O)c(Cl)c2C1.CO. The number of carbonyl (C=O) groups is 1. The Morgan fingerprint density at radius 2 is 1.89 bits per heavy atom. The molecule has 3 nitrogen and oxygen atoms in total. The molecule has 1 aliphatic rings. The van der Waals surface area contributed by atoms with Crippen LogP contribution < -0.4 is 0 Å². The number of carboxylic acid groups (broad SMARTS) is 1. The second-order valence-electron chi connectivity index (χ2n) is 4.54. The zero-order valence-corrected chi connectivity index (χ0v) is 12.6. The molecule has 0 amide bonds. The van der Waals surface area contributed by atoms with E-state index in [0.717, 1.165) is 37.5 Å². The molecule has 1 aromatic rings. The molecule has 19 heavy (non-hydrogen) atoms. The predicted molar refractivity (Wildman–Crippen MR) is 77.1 cm³/mol. The van der Waals surface area contributed by atoms with E-state index < -0.39 is 5.97 Å². The van der Waals surface area contributed by atoms with Gasteiger partial charge in [-0.1, -0.05) is 36.5 Å². The average Bonchev–Trinajstić information content (AvgIpc) is 2.82. The van der Waals surface area contributed by atoms with E-state index in [1.54, 1.807) is 6.07 Å². The summed E-state index contributed by atoms with van der Waals surface area (Å²) in [7, 11) is 1.00. The highest BCUT2D eigenvalue weighted by Gasteiger charge is 2.26.